The molecule has 7 heteroatoms. The van der Waals surface area contributed by atoms with Crippen molar-refractivity contribution in [2.75, 3.05) is 11.9 Å². The molecule has 0 aliphatic rings. The molecule has 6 nitrogen and oxygen atoms in total. The van der Waals surface area contributed by atoms with E-state index in [1.165, 1.54) is 37.3 Å². The van der Waals surface area contributed by atoms with Gasteiger partial charge in [-0.3, -0.25) is 4.79 Å². The average Bonchev–Trinajstić information content (AvgIpc) is 3.20. The van der Waals surface area contributed by atoms with Crippen LogP contribution in [0, 0.1) is 5.82 Å². The van der Waals surface area contributed by atoms with Crippen LogP contribution in [0.25, 0.3) is 11.3 Å². The van der Waals surface area contributed by atoms with Crippen LogP contribution in [-0.4, -0.2) is 24.6 Å². The molecule has 0 aliphatic carbocycles. The van der Waals surface area contributed by atoms with Gasteiger partial charge in [0.25, 0.3) is 5.91 Å². The Bertz CT molecular complexity index is 996. The average molecular weight is 397 g/mol. The predicted molar refractivity (Wildman–Crippen MR) is 105 cm³/mol. The number of hydrogen-bond donors (Lipinski definition) is 1. The van der Waals surface area contributed by atoms with Gasteiger partial charge in [-0.15, -0.1) is 0 Å². The van der Waals surface area contributed by atoms with Gasteiger partial charge in [-0.1, -0.05) is 12.1 Å². The first kappa shape index (κ1) is 20.1. The van der Waals surface area contributed by atoms with E-state index in [9.17, 15) is 14.0 Å². The molecule has 1 amide bonds. The third-order valence-electron chi connectivity index (χ3n) is 4.03. The number of amides is 1. The molecule has 1 aromatic heterocycles. The number of carbonyl (C=O) groups excluding carboxylic acids is 2. The fourth-order valence-electron chi connectivity index (χ4n) is 2.57. The summed E-state index contributed by atoms with van der Waals surface area (Å²) in [5.74, 6) is -0.796. The third-order valence-corrected chi connectivity index (χ3v) is 4.03. The summed E-state index contributed by atoms with van der Waals surface area (Å²) in [5.41, 5.74) is 1.10. The second-order valence-electron chi connectivity index (χ2n) is 6.14. The number of furan rings is 1. The molecule has 0 bridgehead atoms. The first-order valence-corrected chi connectivity index (χ1v) is 9.07. The molecule has 0 saturated carbocycles. The van der Waals surface area contributed by atoms with Crippen LogP contribution in [0.15, 0.2) is 65.1 Å². The van der Waals surface area contributed by atoms with Crippen molar-refractivity contribution < 1.29 is 27.9 Å². The maximum Gasteiger partial charge on any atom is 0.375 e. The second-order valence-corrected chi connectivity index (χ2v) is 6.14. The summed E-state index contributed by atoms with van der Waals surface area (Å²) in [6.45, 7) is 3.75. The Balaban J connectivity index is 1.63. The van der Waals surface area contributed by atoms with Gasteiger partial charge in [0.15, 0.2) is 6.10 Å². The highest BCUT2D eigenvalue weighted by molar-refractivity contribution is 5.97. The number of carbonyl (C=O) groups is 2. The number of halogens is 1. The Morgan fingerprint density at radius 2 is 1.79 bits per heavy atom. The van der Waals surface area contributed by atoms with E-state index in [1.807, 2.05) is 6.92 Å². The lowest BCUT2D eigenvalue weighted by Crippen LogP contribution is -2.30. The number of hydrogen-bond acceptors (Lipinski definition) is 5. The van der Waals surface area contributed by atoms with E-state index in [1.54, 1.807) is 30.3 Å². The fourth-order valence-corrected chi connectivity index (χ4v) is 2.57. The summed E-state index contributed by atoms with van der Waals surface area (Å²) in [6.07, 6.45) is -1.06. The van der Waals surface area contributed by atoms with E-state index in [0.717, 1.165) is 0 Å². The van der Waals surface area contributed by atoms with Gasteiger partial charge in [0.05, 0.1) is 12.3 Å². The highest BCUT2D eigenvalue weighted by atomic mass is 19.1. The molecule has 0 saturated heterocycles. The summed E-state index contributed by atoms with van der Waals surface area (Å²) in [4.78, 5) is 24.7. The van der Waals surface area contributed by atoms with Gasteiger partial charge in [-0.2, -0.15) is 0 Å². The standard InChI is InChI=1S/C22H20FNO5/c1-3-27-19-7-5-4-6-17(19)24-21(25)14(2)28-22(26)20-13-12-18(29-20)15-8-10-16(23)11-9-15/h4-14H,3H2,1-2H3,(H,24,25)/t14-/m1/s1. The Morgan fingerprint density at radius 1 is 1.07 bits per heavy atom. The van der Waals surface area contributed by atoms with Crippen molar-refractivity contribution in [1.82, 2.24) is 0 Å². The van der Waals surface area contributed by atoms with E-state index >= 15 is 0 Å². The van der Waals surface area contributed by atoms with Crippen LogP contribution in [-0.2, 0) is 9.53 Å². The monoisotopic (exact) mass is 397 g/mol. The van der Waals surface area contributed by atoms with Gasteiger partial charge >= 0.3 is 5.97 Å². The molecule has 1 heterocycles. The molecule has 0 spiro atoms. The normalized spacial score (nSPS) is 11.6. The van der Waals surface area contributed by atoms with Crippen LogP contribution < -0.4 is 10.1 Å². The minimum atomic E-state index is -1.06. The Labute approximate surface area is 167 Å². The predicted octanol–water partition coefficient (Wildman–Crippen LogP) is 4.67. The molecular formula is C22H20FNO5. The summed E-state index contributed by atoms with van der Waals surface area (Å²) < 4.78 is 29.2. The maximum absolute atomic E-state index is 13.0. The number of nitrogens with one attached hydrogen (secondary N) is 1. The quantitative estimate of drug-likeness (QED) is 0.586. The summed E-state index contributed by atoms with van der Waals surface area (Å²) in [7, 11) is 0. The van der Waals surface area contributed by atoms with Crippen LogP contribution in [0.3, 0.4) is 0 Å². The lowest BCUT2D eigenvalue weighted by molar-refractivity contribution is -0.123. The van der Waals surface area contributed by atoms with Crippen molar-refractivity contribution >= 4 is 17.6 Å². The minimum absolute atomic E-state index is 0.0568. The lowest BCUT2D eigenvalue weighted by atomic mass is 10.2. The van der Waals surface area contributed by atoms with Gasteiger partial charge in [-0.25, -0.2) is 9.18 Å². The first-order valence-electron chi connectivity index (χ1n) is 9.07. The molecule has 150 valence electrons. The summed E-state index contributed by atoms with van der Waals surface area (Å²) in [6, 6.07) is 15.7. The van der Waals surface area contributed by atoms with Crippen LogP contribution >= 0.6 is 0 Å². The molecule has 0 aliphatic heterocycles. The molecule has 29 heavy (non-hydrogen) atoms. The van der Waals surface area contributed by atoms with E-state index in [2.05, 4.69) is 5.32 Å². The molecule has 1 atom stereocenters. The van der Waals surface area contributed by atoms with E-state index < -0.39 is 18.0 Å². The van der Waals surface area contributed by atoms with Crippen LogP contribution in [0.2, 0.25) is 0 Å². The SMILES string of the molecule is CCOc1ccccc1NC(=O)[C@@H](C)OC(=O)c1ccc(-c2ccc(F)cc2)o1. The number of ether oxygens (including phenoxy) is 2. The van der Waals surface area contributed by atoms with Crippen LogP contribution in [0.5, 0.6) is 5.75 Å². The zero-order valence-corrected chi connectivity index (χ0v) is 16.0. The van der Waals surface area contributed by atoms with Gasteiger partial charge in [0.1, 0.15) is 17.3 Å². The lowest BCUT2D eigenvalue weighted by Gasteiger charge is -2.15. The van der Waals surface area contributed by atoms with Crippen molar-refractivity contribution in [3.63, 3.8) is 0 Å². The Hall–Kier alpha value is -3.61. The zero-order chi connectivity index (χ0) is 20.8. The van der Waals surface area contributed by atoms with Gasteiger partial charge in [0.2, 0.25) is 5.76 Å². The largest absolute Gasteiger partial charge is 0.492 e. The molecule has 2 aromatic carbocycles. The number of rotatable bonds is 7. The molecular weight excluding hydrogens is 377 g/mol. The molecule has 3 rings (SSSR count). The van der Waals surface area contributed by atoms with Gasteiger partial charge in [-0.05, 0) is 62.4 Å². The van der Waals surface area contributed by atoms with E-state index in [0.29, 0.717) is 29.4 Å². The van der Waals surface area contributed by atoms with Crippen molar-refractivity contribution in [3.8, 4) is 17.1 Å². The van der Waals surface area contributed by atoms with Crippen LogP contribution in [0.1, 0.15) is 24.4 Å². The molecule has 0 radical (unpaired) electrons. The highest BCUT2D eigenvalue weighted by Crippen LogP contribution is 2.25. The third kappa shape index (κ3) is 5.01. The molecule has 3 aromatic rings. The van der Waals surface area contributed by atoms with Crippen LogP contribution in [0.4, 0.5) is 10.1 Å². The summed E-state index contributed by atoms with van der Waals surface area (Å²) in [5, 5.41) is 2.68. The molecule has 0 fully saturated rings. The zero-order valence-electron chi connectivity index (χ0n) is 16.0. The molecule has 1 N–H and O–H groups in total. The topological polar surface area (TPSA) is 77.8 Å². The van der Waals surface area contributed by atoms with Crippen molar-refractivity contribution in [2.24, 2.45) is 0 Å². The Morgan fingerprint density at radius 3 is 2.52 bits per heavy atom. The maximum atomic E-state index is 13.0. The molecule has 0 unspecified atom stereocenters. The number of benzene rings is 2. The fraction of sp³-hybridized carbons (Fsp3) is 0.182. The van der Waals surface area contributed by atoms with Crippen molar-refractivity contribution in [3.05, 3.63) is 72.2 Å². The minimum Gasteiger partial charge on any atom is -0.492 e. The number of para-hydroxylation sites is 2. The number of anilines is 1. The van der Waals surface area contributed by atoms with Crippen molar-refractivity contribution in [1.29, 1.82) is 0 Å². The highest BCUT2D eigenvalue weighted by Gasteiger charge is 2.22. The first-order chi connectivity index (χ1) is 14.0. The van der Waals surface area contributed by atoms with Gasteiger partial charge < -0.3 is 19.2 Å². The van der Waals surface area contributed by atoms with E-state index in [-0.39, 0.29) is 11.6 Å². The second kappa shape index (κ2) is 9.05. The number of esters is 1. The van der Waals surface area contributed by atoms with Crippen molar-refractivity contribution in [2.45, 2.75) is 20.0 Å². The Kier molecular flexibility index (Phi) is 6.29. The smallest absolute Gasteiger partial charge is 0.375 e. The van der Waals surface area contributed by atoms with E-state index in [4.69, 9.17) is 13.9 Å². The summed E-state index contributed by atoms with van der Waals surface area (Å²) >= 11 is 0. The van der Waals surface area contributed by atoms with Gasteiger partial charge in [0, 0.05) is 5.56 Å².